The smallest absolute Gasteiger partial charge is 0.264 e. The molecule has 23 heavy (non-hydrogen) atoms. The summed E-state index contributed by atoms with van der Waals surface area (Å²) in [6.45, 7) is 4.16. The Balaban J connectivity index is 1.99. The molecule has 0 N–H and O–H groups in total. The molecule has 0 aromatic heterocycles. The normalized spacial score (nSPS) is 11.2. The molecule has 0 saturated carbocycles. The predicted molar refractivity (Wildman–Crippen MR) is 92.1 cm³/mol. The first kappa shape index (κ1) is 17.5. The fraction of sp³-hybridized carbons (Fsp3) is 0.176. The summed E-state index contributed by atoms with van der Waals surface area (Å²) < 4.78 is 32.5. The van der Waals surface area contributed by atoms with Crippen LogP contribution >= 0.6 is 11.6 Å². The van der Waals surface area contributed by atoms with E-state index in [2.05, 4.69) is 6.58 Å². The molecule has 0 amide bonds. The zero-order valence-electron chi connectivity index (χ0n) is 12.7. The quantitative estimate of drug-likeness (QED) is 0.709. The SMILES string of the molecule is C=C(COS(C)(=O)=O)c1cccc(OCc2ccc(Cl)cc2)c1. The van der Waals surface area contributed by atoms with Gasteiger partial charge in [-0.25, -0.2) is 0 Å². The summed E-state index contributed by atoms with van der Waals surface area (Å²) in [5, 5.41) is 0.679. The first-order valence-electron chi connectivity index (χ1n) is 6.83. The first-order valence-corrected chi connectivity index (χ1v) is 9.03. The van der Waals surface area contributed by atoms with E-state index < -0.39 is 10.1 Å². The summed E-state index contributed by atoms with van der Waals surface area (Å²) >= 11 is 5.84. The second-order valence-corrected chi connectivity index (χ2v) is 7.09. The highest BCUT2D eigenvalue weighted by molar-refractivity contribution is 7.86. The summed E-state index contributed by atoms with van der Waals surface area (Å²) in [6, 6.07) is 14.7. The van der Waals surface area contributed by atoms with Gasteiger partial charge in [-0.05, 0) is 41.0 Å². The summed E-state index contributed by atoms with van der Waals surface area (Å²) in [6.07, 6.45) is 1.01. The molecular weight excluding hydrogens is 336 g/mol. The Morgan fingerprint density at radius 1 is 1.17 bits per heavy atom. The van der Waals surface area contributed by atoms with E-state index in [4.69, 9.17) is 20.5 Å². The van der Waals surface area contributed by atoms with Gasteiger partial charge >= 0.3 is 0 Å². The lowest BCUT2D eigenvalue weighted by Gasteiger charge is -2.10. The van der Waals surface area contributed by atoms with Crippen molar-refractivity contribution in [2.75, 3.05) is 12.9 Å². The second kappa shape index (κ2) is 7.64. The Bertz CT molecular complexity index is 782. The van der Waals surface area contributed by atoms with E-state index in [9.17, 15) is 8.42 Å². The molecule has 0 aliphatic rings. The predicted octanol–water partition coefficient (Wildman–Crippen LogP) is 3.91. The van der Waals surface area contributed by atoms with E-state index in [0.29, 0.717) is 23.0 Å². The minimum Gasteiger partial charge on any atom is -0.489 e. The highest BCUT2D eigenvalue weighted by Gasteiger charge is 2.06. The number of halogens is 1. The van der Waals surface area contributed by atoms with Crippen molar-refractivity contribution < 1.29 is 17.3 Å². The average molecular weight is 353 g/mol. The fourth-order valence-electron chi connectivity index (χ4n) is 1.81. The molecule has 0 fully saturated rings. The van der Waals surface area contributed by atoms with Crippen molar-refractivity contribution in [1.29, 1.82) is 0 Å². The van der Waals surface area contributed by atoms with Crippen LogP contribution in [0.15, 0.2) is 55.1 Å². The molecule has 0 aliphatic carbocycles. The van der Waals surface area contributed by atoms with Crippen LogP contribution in [0.3, 0.4) is 0 Å². The van der Waals surface area contributed by atoms with Crippen LogP contribution in [0.2, 0.25) is 5.02 Å². The highest BCUT2D eigenvalue weighted by Crippen LogP contribution is 2.21. The maximum atomic E-state index is 11.0. The van der Waals surface area contributed by atoms with Crippen molar-refractivity contribution in [3.8, 4) is 5.75 Å². The molecule has 0 radical (unpaired) electrons. The molecule has 122 valence electrons. The van der Waals surface area contributed by atoms with Crippen molar-refractivity contribution in [2.24, 2.45) is 0 Å². The zero-order chi connectivity index (χ0) is 16.9. The lowest BCUT2D eigenvalue weighted by molar-refractivity contribution is 0.306. The molecule has 2 aromatic rings. The van der Waals surface area contributed by atoms with Crippen molar-refractivity contribution >= 4 is 27.3 Å². The molecule has 0 bridgehead atoms. The molecule has 0 aliphatic heterocycles. The van der Waals surface area contributed by atoms with Crippen LogP contribution in [0.25, 0.3) is 5.57 Å². The van der Waals surface area contributed by atoms with Crippen LogP contribution in [0.5, 0.6) is 5.75 Å². The summed E-state index contributed by atoms with van der Waals surface area (Å²) in [4.78, 5) is 0. The van der Waals surface area contributed by atoms with Gasteiger partial charge in [0.25, 0.3) is 10.1 Å². The van der Waals surface area contributed by atoms with Gasteiger partial charge < -0.3 is 4.74 Å². The Kier molecular flexibility index (Phi) is 5.82. The van der Waals surface area contributed by atoms with Gasteiger partial charge in [0, 0.05) is 5.02 Å². The van der Waals surface area contributed by atoms with Gasteiger partial charge in [-0.1, -0.05) is 42.4 Å². The van der Waals surface area contributed by atoms with E-state index in [1.807, 2.05) is 30.3 Å². The van der Waals surface area contributed by atoms with Crippen LogP contribution in [0, 0.1) is 0 Å². The molecule has 2 aromatic carbocycles. The van der Waals surface area contributed by atoms with Gasteiger partial charge in [0.15, 0.2) is 0 Å². The second-order valence-electron chi connectivity index (χ2n) is 5.01. The first-order chi connectivity index (χ1) is 10.8. The summed E-state index contributed by atoms with van der Waals surface area (Å²) in [5.74, 6) is 0.665. The zero-order valence-corrected chi connectivity index (χ0v) is 14.2. The number of hydrogen-bond acceptors (Lipinski definition) is 4. The lowest BCUT2D eigenvalue weighted by Crippen LogP contribution is -2.05. The standard InChI is InChI=1S/C17H17ClO4S/c1-13(11-22-23(2,19)20)15-4-3-5-17(10-15)21-12-14-6-8-16(18)9-7-14/h3-10H,1,11-12H2,2H3. The van der Waals surface area contributed by atoms with E-state index in [1.165, 1.54) is 0 Å². The maximum Gasteiger partial charge on any atom is 0.264 e. The Morgan fingerprint density at radius 3 is 2.52 bits per heavy atom. The number of rotatable bonds is 7. The third kappa shape index (κ3) is 6.06. The molecule has 2 rings (SSSR count). The van der Waals surface area contributed by atoms with Gasteiger partial charge in [-0.2, -0.15) is 8.42 Å². The monoisotopic (exact) mass is 352 g/mol. The van der Waals surface area contributed by atoms with Crippen LogP contribution in [-0.2, 0) is 20.9 Å². The maximum absolute atomic E-state index is 11.0. The van der Waals surface area contributed by atoms with Crippen LogP contribution in [-0.4, -0.2) is 21.3 Å². The van der Waals surface area contributed by atoms with Gasteiger partial charge in [0.1, 0.15) is 12.4 Å². The molecule has 0 atom stereocenters. The molecule has 0 saturated heterocycles. The average Bonchev–Trinajstić information content (AvgIpc) is 2.51. The van der Waals surface area contributed by atoms with E-state index in [0.717, 1.165) is 17.4 Å². The van der Waals surface area contributed by atoms with Crippen molar-refractivity contribution in [2.45, 2.75) is 6.61 Å². The number of ether oxygens (including phenoxy) is 1. The largest absolute Gasteiger partial charge is 0.489 e. The Hall–Kier alpha value is -1.82. The lowest BCUT2D eigenvalue weighted by atomic mass is 10.1. The van der Waals surface area contributed by atoms with E-state index in [-0.39, 0.29) is 6.61 Å². The highest BCUT2D eigenvalue weighted by atomic mass is 35.5. The number of hydrogen-bond donors (Lipinski definition) is 0. The van der Waals surface area contributed by atoms with Crippen LogP contribution in [0.4, 0.5) is 0 Å². The molecule has 0 unspecified atom stereocenters. The topological polar surface area (TPSA) is 52.6 Å². The fourth-order valence-corrected chi connectivity index (χ4v) is 2.30. The van der Waals surface area contributed by atoms with Crippen molar-refractivity contribution in [3.63, 3.8) is 0 Å². The Labute approximate surface area is 141 Å². The van der Waals surface area contributed by atoms with E-state index in [1.54, 1.807) is 18.2 Å². The summed E-state index contributed by atoms with van der Waals surface area (Å²) in [5.41, 5.74) is 2.33. The van der Waals surface area contributed by atoms with Gasteiger partial charge in [0.05, 0.1) is 12.9 Å². The van der Waals surface area contributed by atoms with Crippen molar-refractivity contribution in [1.82, 2.24) is 0 Å². The molecule has 6 heteroatoms. The van der Waals surface area contributed by atoms with Crippen LogP contribution < -0.4 is 4.74 Å². The Morgan fingerprint density at radius 2 is 1.87 bits per heavy atom. The third-order valence-electron chi connectivity index (χ3n) is 3.01. The minimum atomic E-state index is -3.49. The van der Waals surface area contributed by atoms with Gasteiger partial charge in [-0.3, -0.25) is 4.18 Å². The van der Waals surface area contributed by atoms with Crippen LogP contribution in [0.1, 0.15) is 11.1 Å². The number of benzene rings is 2. The van der Waals surface area contributed by atoms with Gasteiger partial charge in [-0.15, -0.1) is 0 Å². The minimum absolute atomic E-state index is 0.0839. The molecule has 0 heterocycles. The third-order valence-corrected chi connectivity index (χ3v) is 3.81. The van der Waals surface area contributed by atoms with Crippen molar-refractivity contribution in [3.05, 3.63) is 71.3 Å². The summed E-state index contributed by atoms with van der Waals surface area (Å²) in [7, 11) is -3.49. The van der Waals surface area contributed by atoms with E-state index >= 15 is 0 Å². The molecule has 0 spiro atoms. The molecular formula is C17H17ClO4S. The van der Waals surface area contributed by atoms with Gasteiger partial charge in [0.2, 0.25) is 0 Å². The molecule has 4 nitrogen and oxygen atoms in total.